The van der Waals surface area contributed by atoms with Crippen LogP contribution >= 0.6 is 15.9 Å². The maximum absolute atomic E-state index is 14.1. The number of aromatic nitrogens is 1. The van der Waals surface area contributed by atoms with Crippen molar-refractivity contribution < 1.29 is 9.18 Å². The van der Waals surface area contributed by atoms with Gasteiger partial charge in [-0.3, -0.25) is 9.78 Å². The van der Waals surface area contributed by atoms with E-state index < -0.39 is 12.2 Å². The van der Waals surface area contributed by atoms with Crippen LogP contribution in [0.1, 0.15) is 11.3 Å². The summed E-state index contributed by atoms with van der Waals surface area (Å²) in [7, 11) is 1.54. The van der Waals surface area contributed by atoms with Crippen LogP contribution in [0.4, 0.5) is 10.1 Å². The fourth-order valence-corrected chi connectivity index (χ4v) is 2.58. The first-order valence-corrected chi connectivity index (χ1v) is 7.08. The third-order valence-electron chi connectivity index (χ3n) is 3.26. The second kappa shape index (κ2) is 5.37. The van der Waals surface area contributed by atoms with Crippen molar-refractivity contribution in [3.63, 3.8) is 0 Å². The molecule has 0 aliphatic carbocycles. The van der Waals surface area contributed by atoms with Crippen molar-refractivity contribution in [3.8, 4) is 0 Å². The first-order valence-electron chi connectivity index (χ1n) is 6.28. The van der Waals surface area contributed by atoms with Crippen LogP contribution < -0.4 is 4.90 Å². The molecule has 1 aromatic carbocycles. The number of anilines is 1. The highest BCUT2D eigenvalue weighted by atomic mass is 79.9. The number of likely N-dealkylation sites (N-methyl/N-ethyl adjacent to an activating group) is 1. The Labute approximate surface area is 129 Å². The van der Waals surface area contributed by atoms with E-state index >= 15 is 0 Å². The molecule has 21 heavy (non-hydrogen) atoms. The van der Waals surface area contributed by atoms with Crippen LogP contribution in [0, 0.1) is 0 Å². The van der Waals surface area contributed by atoms with Crippen molar-refractivity contribution in [2.45, 2.75) is 6.30 Å². The van der Waals surface area contributed by atoms with Gasteiger partial charge in [0.1, 0.15) is 0 Å². The molecule has 0 saturated carbocycles. The van der Waals surface area contributed by atoms with E-state index in [4.69, 9.17) is 0 Å². The Hall–Kier alpha value is -2.08. The van der Waals surface area contributed by atoms with Crippen molar-refractivity contribution in [1.82, 2.24) is 4.98 Å². The summed E-state index contributed by atoms with van der Waals surface area (Å²) in [6.45, 7) is 0. The highest BCUT2D eigenvalue weighted by Gasteiger charge is 2.30. The molecule has 1 aliphatic heterocycles. The van der Waals surface area contributed by atoms with Gasteiger partial charge < -0.3 is 4.90 Å². The van der Waals surface area contributed by atoms with Crippen molar-refractivity contribution in [2.24, 2.45) is 4.99 Å². The minimum absolute atomic E-state index is 0.372. The molecule has 0 radical (unpaired) electrons. The van der Waals surface area contributed by atoms with Crippen molar-refractivity contribution in [3.05, 3.63) is 58.3 Å². The lowest BCUT2D eigenvalue weighted by Crippen LogP contribution is -2.32. The lowest BCUT2D eigenvalue weighted by Gasteiger charge is -2.18. The number of hydrogen-bond donors (Lipinski definition) is 0. The SMILES string of the molecule is CN1C(=O)C(F)N=C(c2ccccn2)c2cc(Br)ccc21. The van der Waals surface area contributed by atoms with Gasteiger partial charge in [-0.25, -0.2) is 9.38 Å². The molecule has 1 unspecified atom stereocenters. The van der Waals surface area contributed by atoms with Crippen LogP contribution in [0.2, 0.25) is 0 Å². The normalized spacial score (nSPS) is 18.0. The molecule has 106 valence electrons. The van der Waals surface area contributed by atoms with Crippen molar-refractivity contribution >= 4 is 33.2 Å². The fraction of sp³-hybridized carbons (Fsp3) is 0.133. The monoisotopic (exact) mass is 347 g/mol. The number of carbonyl (C=O) groups is 1. The largest absolute Gasteiger partial charge is 0.311 e. The summed E-state index contributed by atoms with van der Waals surface area (Å²) >= 11 is 3.39. The van der Waals surface area contributed by atoms with E-state index in [1.54, 1.807) is 43.6 Å². The van der Waals surface area contributed by atoms with Crippen LogP contribution in [0.5, 0.6) is 0 Å². The van der Waals surface area contributed by atoms with E-state index in [0.717, 1.165) is 4.47 Å². The molecule has 0 N–H and O–H groups in total. The second-order valence-corrected chi connectivity index (χ2v) is 5.50. The number of halogens is 2. The van der Waals surface area contributed by atoms with Gasteiger partial charge in [0.25, 0.3) is 12.2 Å². The number of alkyl halides is 1. The Bertz CT molecular complexity index is 733. The second-order valence-electron chi connectivity index (χ2n) is 4.59. The van der Waals surface area contributed by atoms with E-state index in [-0.39, 0.29) is 0 Å². The third kappa shape index (κ3) is 2.47. The topological polar surface area (TPSA) is 45.6 Å². The first kappa shape index (κ1) is 13.9. The van der Waals surface area contributed by atoms with E-state index in [9.17, 15) is 9.18 Å². The molecule has 0 spiro atoms. The number of amides is 1. The molecule has 2 aromatic rings. The molecule has 2 heterocycles. The van der Waals surface area contributed by atoms with E-state index in [2.05, 4.69) is 25.9 Å². The molecular formula is C15H11BrFN3O. The summed E-state index contributed by atoms with van der Waals surface area (Å²) in [4.78, 5) is 21.4. The van der Waals surface area contributed by atoms with Crippen LogP contribution in [0.15, 0.2) is 52.1 Å². The standard InChI is InChI=1S/C15H11BrFN3O/c1-20-12-6-5-9(16)8-10(12)13(19-14(17)15(20)21)11-4-2-3-7-18-11/h2-8,14H,1H3. The summed E-state index contributed by atoms with van der Waals surface area (Å²) in [6, 6.07) is 10.7. The Kier molecular flexibility index (Phi) is 3.55. The average Bonchev–Trinajstić information content (AvgIpc) is 2.59. The number of pyridine rings is 1. The number of aliphatic imine (C=N–C) groups is 1. The van der Waals surface area contributed by atoms with Gasteiger partial charge in [0.2, 0.25) is 0 Å². The van der Waals surface area contributed by atoms with Crippen LogP contribution in [-0.4, -0.2) is 29.9 Å². The number of benzodiazepines with no additional fused rings is 1. The predicted molar refractivity (Wildman–Crippen MR) is 82.3 cm³/mol. The lowest BCUT2D eigenvalue weighted by atomic mass is 10.0. The molecular weight excluding hydrogens is 337 g/mol. The quantitative estimate of drug-likeness (QED) is 0.744. The number of fused-ring (bicyclic) bond motifs is 1. The first-order chi connectivity index (χ1) is 10.1. The summed E-state index contributed by atoms with van der Waals surface area (Å²) in [5.74, 6) is -0.690. The molecule has 3 rings (SSSR count). The van der Waals surface area contributed by atoms with Gasteiger partial charge in [0, 0.05) is 23.3 Å². The van der Waals surface area contributed by atoms with Gasteiger partial charge >= 0.3 is 0 Å². The Morgan fingerprint density at radius 1 is 1.29 bits per heavy atom. The molecule has 0 saturated heterocycles. The van der Waals surface area contributed by atoms with Gasteiger partial charge in [-0.05, 0) is 30.3 Å². The highest BCUT2D eigenvalue weighted by molar-refractivity contribution is 9.10. The van der Waals surface area contributed by atoms with E-state index in [0.29, 0.717) is 22.7 Å². The molecule has 1 amide bonds. The summed E-state index contributed by atoms with van der Waals surface area (Å²) in [5.41, 5.74) is 2.17. The fourth-order valence-electron chi connectivity index (χ4n) is 2.21. The van der Waals surface area contributed by atoms with Gasteiger partial charge in [-0.15, -0.1) is 0 Å². The molecule has 1 atom stereocenters. The molecule has 0 fully saturated rings. The zero-order chi connectivity index (χ0) is 15.0. The van der Waals surface area contributed by atoms with Crippen molar-refractivity contribution in [2.75, 3.05) is 11.9 Å². The molecule has 6 heteroatoms. The number of hydrogen-bond acceptors (Lipinski definition) is 3. The maximum Gasteiger partial charge on any atom is 0.284 e. The van der Waals surface area contributed by atoms with Crippen molar-refractivity contribution in [1.29, 1.82) is 0 Å². The number of benzene rings is 1. The van der Waals surface area contributed by atoms with Gasteiger partial charge in [-0.2, -0.15) is 0 Å². The Morgan fingerprint density at radius 2 is 2.10 bits per heavy atom. The third-order valence-corrected chi connectivity index (χ3v) is 3.75. The number of carbonyl (C=O) groups excluding carboxylic acids is 1. The highest BCUT2D eigenvalue weighted by Crippen LogP contribution is 2.29. The van der Waals surface area contributed by atoms with E-state index in [1.165, 1.54) is 4.90 Å². The summed E-state index contributed by atoms with van der Waals surface area (Å²) in [6.07, 6.45) is -0.322. The van der Waals surface area contributed by atoms with Gasteiger partial charge in [-0.1, -0.05) is 22.0 Å². The van der Waals surface area contributed by atoms with Crippen LogP contribution in [-0.2, 0) is 4.79 Å². The minimum Gasteiger partial charge on any atom is -0.311 e. The number of rotatable bonds is 1. The summed E-state index contributed by atoms with van der Waals surface area (Å²) < 4.78 is 14.9. The maximum atomic E-state index is 14.1. The average molecular weight is 348 g/mol. The lowest BCUT2D eigenvalue weighted by molar-refractivity contribution is -0.122. The molecule has 1 aliphatic rings. The Balaban J connectivity index is 2.27. The smallest absolute Gasteiger partial charge is 0.284 e. The number of nitrogens with zero attached hydrogens (tertiary/aromatic N) is 3. The zero-order valence-corrected chi connectivity index (χ0v) is 12.7. The zero-order valence-electron chi connectivity index (χ0n) is 11.1. The minimum atomic E-state index is -1.93. The van der Waals surface area contributed by atoms with E-state index in [1.807, 2.05) is 6.07 Å². The molecule has 1 aromatic heterocycles. The van der Waals surface area contributed by atoms with Gasteiger partial charge in [0.05, 0.1) is 17.1 Å². The van der Waals surface area contributed by atoms with Crippen LogP contribution in [0.25, 0.3) is 0 Å². The van der Waals surface area contributed by atoms with Gasteiger partial charge in [0.15, 0.2) is 0 Å². The Morgan fingerprint density at radius 3 is 2.81 bits per heavy atom. The predicted octanol–water partition coefficient (Wildman–Crippen LogP) is 2.95. The molecule has 0 bridgehead atoms. The molecule has 4 nitrogen and oxygen atoms in total. The summed E-state index contributed by atoms with van der Waals surface area (Å²) in [5, 5.41) is 0. The van der Waals surface area contributed by atoms with Crippen LogP contribution in [0.3, 0.4) is 0 Å².